The van der Waals surface area contributed by atoms with Gasteiger partial charge in [0.1, 0.15) is 0 Å². The number of ether oxygens (including phenoxy) is 2. The van der Waals surface area contributed by atoms with E-state index in [0.717, 1.165) is 76.6 Å². The summed E-state index contributed by atoms with van der Waals surface area (Å²) < 4.78 is 12.1. The van der Waals surface area contributed by atoms with Crippen LogP contribution >= 0.6 is 0 Å². The quantitative estimate of drug-likeness (QED) is 0.758. The maximum atomic E-state index is 12.5. The first kappa shape index (κ1) is 18.8. The van der Waals surface area contributed by atoms with Crippen LogP contribution in [-0.4, -0.2) is 49.4 Å². The Hall–Kier alpha value is -1.59. The third-order valence-electron chi connectivity index (χ3n) is 6.30. The number of urea groups is 1. The van der Waals surface area contributed by atoms with E-state index in [4.69, 9.17) is 9.47 Å². The largest absolute Gasteiger partial charge is 0.381 e. The Morgan fingerprint density at radius 1 is 1.15 bits per heavy atom. The summed E-state index contributed by atoms with van der Waals surface area (Å²) in [6.07, 6.45) is 8.00. The molecule has 1 aromatic carbocycles. The van der Waals surface area contributed by atoms with Crippen LogP contribution in [0.4, 0.5) is 10.5 Å². The highest BCUT2D eigenvalue weighted by molar-refractivity contribution is 5.89. The average Bonchev–Trinajstić information content (AvgIpc) is 3.51. The molecule has 0 bridgehead atoms. The van der Waals surface area contributed by atoms with E-state index < -0.39 is 0 Å². The van der Waals surface area contributed by atoms with E-state index in [0.29, 0.717) is 5.92 Å². The molecule has 2 aliphatic heterocycles. The Morgan fingerprint density at radius 3 is 2.67 bits per heavy atom. The lowest BCUT2D eigenvalue weighted by molar-refractivity contribution is -0.125. The minimum atomic E-state index is -0.0249. The molecule has 1 unspecified atom stereocenters. The molecule has 148 valence electrons. The van der Waals surface area contributed by atoms with Crippen molar-refractivity contribution >= 4 is 11.7 Å². The molecule has 3 aliphatic rings. The van der Waals surface area contributed by atoms with Gasteiger partial charge in [-0.25, -0.2) is 4.79 Å². The fourth-order valence-corrected chi connectivity index (χ4v) is 4.35. The zero-order valence-corrected chi connectivity index (χ0v) is 16.2. The van der Waals surface area contributed by atoms with Gasteiger partial charge in [0.15, 0.2) is 0 Å². The Kier molecular flexibility index (Phi) is 5.98. The Bertz CT molecular complexity index is 609. The van der Waals surface area contributed by atoms with Crippen LogP contribution in [0.1, 0.15) is 44.9 Å². The van der Waals surface area contributed by atoms with Gasteiger partial charge in [-0.05, 0) is 68.9 Å². The van der Waals surface area contributed by atoms with Crippen molar-refractivity contribution < 1.29 is 14.3 Å². The lowest BCUT2D eigenvalue weighted by atomic mass is 9.78. The number of para-hydroxylation sites is 1. The van der Waals surface area contributed by atoms with E-state index in [1.165, 1.54) is 12.8 Å². The third kappa shape index (κ3) is 5.23. The van der Waals surface area contributed by atoms with Crippen LogP contribution in [0.15, 0.2) is 30.3 Å². The topological polar surface area (TPSA) is 50.8 Å². The van der Waals surface area contributed by atoms with Gasteiger partial charge in [-0.3, -0.25) is 0 Å². The van der Waals surface area contributed by atoms with Crippen LogP contribution < -0.4 is 5.32 Å². The zero-order chi connectivity index (χ0) is 18.5. The third-order valence-corrected chi connectivity index (χ3v) is 6.30. The first-order chi connectivity index (χ1) is 13.2. The maximum absolute atomic E-state index is 12.5. The number of carbonyl (C=O) groups excluding carboxylic acids is 1. The molecule has 27 heavy (non-hydrogen) atoms. The Morgan fingerprint density at radius 2 is 1.93 bits per heavy atom. The van der Waals surface area contributed by atoms with Crippen LogP contribution in [0, 0.1) is 11.8 Å². The van der Waals surface area contributed by atoms with Crippen molar-refractivity contribution in [2.24, 2.45) is 11.8 Å². The van der Waals surface area contributed by atoms with E-state index in [9.17, 15) is 4.79 Å². The summed E-state index contributed by atoms with van der Waals surface area (Å²) in [5.74, 6) is 1.54. The number of rotatable bonds is 6. The predicted molar refractivity (Wildman–Crippen MR) is 106 cm³/mol. The van der Waals surface area contributed by atoms with Gasteiger partial charge in [0.05, 0.1) is 5.60 Å². The molecule has 0 aromatic heterocycles. The number of nitrogens with zero attached hydrogens (tertiary/aromatic N) is 1. The van der Waals surface area contributed by atoms with E-state index in [2.05, 4.69) is 5.32 Å². The number of anilines is 1. The smallest absolute Gasteiger partial charge is 0.321 e. The summed E-state index contributed by atoms with van der Waals surface area (Å²) >= 11 is 0. The second kappa shape index (κ2) is 8.61. The SMILES string of the molecule is O=C(Nc1ccccc1)N1CCC2(CC1)CC(CCOCC1CC1)CCO2. The molecule has 3 fully saturated rings. The van der Waals surface area contributed by atoms with Crippen LogP contribution in [0.2, 0.25) is 0 Å². The first-order valence-corrected chi connectivity index (χ1v) is 10.6. The molecule has 1 atom stereocenters. The van der Waals surface area contributed by atoms with E-state index in [-0.39, 0.29) is 11.6 Å². The van der Waals surface area contributed by atoms with Crippen LogP contribution in [0.25, 0.3) is 0 Å². The number of amides is 2. The molecule has 5 nitrogen and oxygen atoms in total. The number of nitrogens with one attached hydrogen (secondary N) is 1. The predicted octanol–water partition coefficient (Wildman–Crippen LogP) is 4.30. The van der Waals surface area contributed by atoms with Gasteiger partial charge in [-0.1, -0.05) is 18.2 Å². The van der Waals surface area contributed by atoms with Crippen LogP contribution in [0.3, 0.4) is 0 Å². The Labute approximate surface area is 162 Å². The number of piperidine rings is 1. The minimum Gasteiger partial charge on any atom is -0.381 e. The van der Waals surface area contributed by atoms with Crippen molar-refractivity contribution in [3.8, 4) is 0 Å². The second-order valence-electron chi connectivity index (χ2n) is 8.48. The molecular weight excluding hydrogens is 340 g/mol. The number of benzene rings is 1. The number of hydrogen-bond donors (Lipinski definition) is 1. The summed E-state index contributed by atoms with van der Waals surface area (Å²) in [5.41, 5.74) is 0.825. The van der Waals surface area contributed by atoms with Crippen molar-refractivity contribution in [3.63, 3.8) is 0 Å². The van der Waals surface area contributed by atoms with Gasteiger partial charge in [-0.2, -0.15) is 0 Å². The lowest BCUT2D eigenvalue weighted by Gasteiger charge is -2.46. The molecule has 1 aliphatic carbocycles. The number of carbonyl (C=O) groups is 1. The highest BCUT2D eigenvalue weighted by Crippen LogP contribution is 2.39. The van der Waals surface area contributed by atoms with Gasteiger partial charge in [0, 0.05) is 38.6 Å². The lowest BCUT2D eigenvalue weighted by Crippen LogP contribution is -2.51. The molecule has 1 saturated carbocycles. The summed E-state index contributed by atoms with van der Waals surface area (Å²) in [5, 5.41) is 2.99. The summed E-state index contributed by atoms with van der Waals surface area (Å²) in [6, 6.07) is 9.66. The number of likely N-dealkylation sites (tertiary alicyclic amines) is 1. The fraction of sp³-hybridized carbons (Fsp3) is 0.682. The monoisotopic (exact) mass is 372 g/mol. The van der Waals surface area contributed by atoms with Gasteiger partial charge in [0.2, 0.25) is 0 Å². The van der Waals surface area contributed by atoms with Crippen molar-refractivity contribution in [2.75, 3.05) is 38.2 Å². The van der Waals surface area contributed by atoms with Gasteiger partial charge in [-0.15, -0.1) is 0 Å². The van der Waals surface area contributed by atoms with Crippen molar-refractivity contribution in [2.45, 2.75) is 50.5 Å². The Balaban J connectivity index is 1.21. The van der Waals surface area contributed by atoms with Gasteiger partial charge >= 0.3 is 6.03 Å². The zero-order valence-electron chi connectivity index (χ0n) is 16.2. The highest BCUT2D eigenvalue weighted by Gasteiger charge is 2.41. The standard InChI is InChI=1S/C22H32N2O3/c25-21(23-20-4-2-1-3-5-20)24-12-10-22(11-13-24)16-18(9-15-27-22)8-14-26-17-19-6-7-19/h1-5,18-19H,6-17H2,(H,23,25). The fourth-order valence-electron chi connectivity index (χ4n) is 4.35. The summed E-state index contributed by atoms with van der Waals surface area (Å²) in [7, 11) is 0. The number of hydrogen-bond acceptors (Lipinski definition) is 3. The summed E-state index contributed by atoms with van der Waals surface area (Å²) in [6.45, 7) is 4.24. The molecule has 2 heterocycles. The van der Waals surface area contributed by atoms with Crippen molar-refractivity contribution in [1.29, 1.82) is 0 Å². The highest BCUT2D eigenvalue weighted by atomic mass is 16.5. The van der Waals surface area contributed by atoms with E-state index >= 15 is 0 Å². The average molecular weight is 373 g/mol. The van der Waals surface area contributed by atoms with Gasteiger partial charge < -0.3 is 19.7 Å². The molecule has 4 rings (SSSR count). The maximum Gasteiger partial charge on any atom is 0.321 e. The van der Waals surface area contributed by atoms with Crippen molar-refractivity contribution in [3.05, 3.63) is 30.3 Å². The van der Waals surface area contributed by atoms with E-state index in [1.54, 1.807) is 0 Å². The first-order valence-electron chi connectivity index (χ1n) is 10.6. The minimum absolute atomic E-state index is 0.00288. The molecule has 1 N–H and O–H groups in total. The molecule has 2 amide bonds. The van der Waals surface area contributed by atoms with Crippen molar-refractivity contribution in [1.82, 2.24) is 4.90 Å². The summed E-state index contributed by atoms with van der Waals surface area (Å²) in [4.78, 5) is 14.4. The van der Waals surface area contributed by atoms with Crippen LogP contribution in [0.5, 0.6) is 0 Å². The normalized spacial score (nSPS) is 24.7. The van der Waals surface area contributed by atoms with E-state index in [1.807, 2.05) is 35.2 Å². The molecule has 5 heteroatoms. The molecular formula is C22H32N2O3. The van der Waals surface area contributed by atoms with Gasteiger partial charge in [0.25, 0.3) is 0 Å². The second-order valence-corrected chi connectivity index (χ2v) is 8.48. The molecule has 1 spiro atoms. The molecule has 2 saturated heterocycles. The molecule has 1 aromatic rings. The molecule has 0 radical (unpaired) electrons. The van der Waals surface area contributed by atoms with Crippen LogP contribution in [-0.2, 0) is 9.47 Å².